The first-order chi connectivity index (χ1) is 10.1. The van der Waals surface area contributed by atoms with E-state index in [1.54, 1.807) is 7.11 Å². The van der Waals surface area contributed by atoms with Gasteiger partial charge in [0.2, 0.25) is 11.0 Å². The van der Waals surface area contributed by atoms with Gasteiger partial charge in [-0.25, -0.2) is 0 Å². The fourth-order valence-corrected chi connectivity index (χ4v) is 2.48. The highest BCUT2D eigenvalue weighted by molar-refractivity contribution is 7.15. The van der Waals surface area contributed by atoms with E-state index in [4.69, 9.17) is 4.74 Å². The van der Waals surface area contributed by atoms with Gasteiger partial charge in [-0.15, -0.1) is 10.2 Å². The molecular weight excluding hydrogens is 286 g/mol. The lowest BCUT2D eigenvalue weighted by Gasteiger charge is -2.06. The molecule has 1 aromatic heterocycles. The highest BCUT2D eigenvalue weighted by Gasteiger charge is 2.13. The Morgan fingerprint density at radius 3 is 2.67 bits per heavy atom. The van der Waals surface area contributed by atoms with Crippen LogP contribution in [0.4, 0.5) is 5.13 Å². The summed E-state index contributed by atoms with van der Waals surface area (Å²) in [5.41, 5.74) is 1.13. The zero-order valence-corrected chi connectivity index (χ0v) is 13.2. The summed E-state index contributed by atoms with van der Waals surface area (Å²) in [6, 6.07) is 7.83. The van der Waals surface area contributed by atoms with Crippen molar-refractivity contribution in [1.29, 1.82) is 0 Å². The molecule has 0 bridgehead atoms. The van der Waals surface area contributed by atoms with Crippen LogP contribution in [-0.4, -0.2) is 23.2 Å². The van der Waals surface area contributed by atoms with Crippen molar-refractivity contribution in [3.8, 4) is 5.75 Å². The molecule has 1 amide bonds. The van der Waals surface area contributed by atoms with E-state index in [-0.39, 0.29) is 11.8 Å². The zero-order valence-electron chi connectivity index (χ0n) is 12.4. The van der Waals surface area contributed by atoms with Crippen molar-refractivity contribution < 1.29 is 9.53 Å². The normalized spacial score (nSPS) is 12.0. The van der Waals surface area contributed by atoms with Gasteiger partial charge in [0.25, 0.3) is 0 Å². The number of ether oxygens (including phenoxy) is 1. The number of carbonyl (C=O) groups is 1. The Labute approximate surface area is 128 Å². The summed E-state index contributed by atoms with van der Waals surface area (Å²) in [5.74, 6) is 0.807. The van der Waals surface area contributed by atoms with E-state index in [9.17, 15) is 4.79 Å². The van der Waals surface area contributed by atoms with Crippen LogP contribution in [0.5, 0.6) is 5.75 Å². The zero-order chi connectivity index (χ0) is 15.2. The minimum absolute atomic E-state index is 0.00959. The van der Waals surface area contributed by atoms with Crippen LogP contribution < -0.4 is 10.1 Å². The van der Waals surface area contributed by atoms with Crippen molar-refractivity contribution in [2.75, 3.05) is 12.4 Å². The second-order valence-corrected chi connectivity index (χ2v) is 5.89. The van der Waals surface area contributed by atoms with Crippen molar-refractivity contribution in [3.63, 3.8) is 0 Å². The van der Waals surface area contributed by atoms with E-state index in [2.05, 4.69) is 15.5 Å². The topological polar surface area (TPSA) is 64.1 Å². The van der Waals surface area contributed by atoms with Crippen molar-refractivity contribution in [1.82, 2.24) is 10.2 Å². The van der Waals surface area contributed by atoms with Crippen LogP contribution >= 0.6 is 11.3 Å². The first kappa shape index (κ1) is 15.4. The molecular formula is C15H19N3O2S. The molecule has 0 spiro atoms. The summed E-state index contributed by atoms with van der Waals surface area (Å²) in [5, 5.41) is 12.4. The lowest BCUT2D eigenvalue weighted by atomic mass is 10.1. The number of methoxy groups -OCH3 is 1. The molecule has 0 aliphatic carbocycles. The molecule has 2 rings (SSSR count). The van der Waals surface area contributed by atoms with E-state index in [0.717, 1.165) is 22.7 Å². The summed E-state index contributed by atoms with van der Waals surface area (Å²) in [7, 11) is 1.64. The predicted molar refractivity (Wildman–Crippen MR) is 83.8 cm³/mol. The first-order valence-electron chi connectivity index (χ1n) is 6.88. The Balaban J connectivity index is 1.97. The Hall–Kier alpha value is -1.95. The number of nitrogens with one attached hydrogen (secondary N) is 1. The molecule has 0 saturated heterocycles. The fourth-order valence-electron chi connectivity index (χ4n) is 1.71. The number of nitrogens with zero attached hydrogens (tertiary/aromatic N) is 2. The second kappa shape index (κ2) is 7.17. The van der Waals surface area contributed by atoms with E-state index in [1.807, 2.05) is 38.1 Å². The van der Waals surface area contributed by atoms with Crippen molar-refractivity contribution >= 4 is 22.4 Å². The Morgan fingerprint density at radius 2 is 2.05 bits per heavy atom. The van der Waals surface area contributed by atoms with Gasteiger partial charge in [-0.3, -0.25) is 4.79 Å². The van der Waals surface area contributed by atoms with Gasteiger partial charge in [0.05, 0.1) is 7.11 Å². The number of rotatable bonds is 6. The third-order valence-corrected chi connectivity index (χ3v) is 4.11. The number of aromatic nitrogens is 2. The molecule has 6 heteroatoms. The fraction of sp³-hybridized carbons (Fsp3) is 0.400. The quantitative estimate of drug-likeness (QED) is 0.890. The number of hydrogen-bond acceptors (Lipinski definition) is 5. The molecule has 1 atom stereocenters. The minimum Gasteiger partial charge on any atom is -0.497 e. The Bertz CT molecular complexity index is 595. The van der Waals surface area contributed by atoms with E-state index >= 15 is 0 Å². The minimum atomic E-state index is -0.0149. The average molecular weight is 305 g/mol. The van der Waals surface area contributed by atoms with E-state index in [0.29, 0.717) is 11.6 Å². The van der Waals surface area contributed by atoms with Gasteiger partial charge in [0.1, 0.15) is 10.8 Å². The van der Waals surface area contributed by atoms with Gasteiger partial charge >= 0.3 is 0 Å². The molecule has 1 aromatic carbocycles. The van der Waals surface area contributed by atoms with Crippen LogP contribution in [0.1, 0.15) is 30.8 Å². The van der Waals surface area contributed by atoms with Gasteiger partial charge in [-0.05, 0) is 24.1 Å². The highest BCUT2D eigenvalue weighted by Crippen LogP contribution is 2.20. The smallest absolute Gasteiger partial charge is 0.229 e. The molecule has 112 valence electrons. The SMILES string of the molecule is CC[C@@H](C)C(=O)Nc1nnc(Cc2ccc(OC)cc2)s1. The number of amides is 1. The first-order valence-corrected chi connectivity index (χ1v) is 7.70. The summed E-state index contributed by atoms with van der Waals surface area (Å²) < 4.78 is 5.13. The molecule has 0 saturated carbocycles. The van der Waals surface area contributed by atoms with Gasteiger partial charge in [0, 0.05) is 12.3 Å². The van der Waals surface area contributed by atoms with Crippen LogP contribution in [0.15, 0.2) is 24.3 Å². The molecule has 0 unspecified atom stereocenters. The van der Waals surface area contributed by atoms with Crippen LogP contribution in [0.3, 0.4) is 0 Å². The van der Waals surface area contributed by atoms with Crippen molar-refractivity contribution in [3.05, 3.63) is 34.8 Å². The van der Waals surface area contributed by atoms with Crippen LogP contribution in [0, 0.1) is 5.92 Å². The summed E-state index contributed by atoms with van der Waals surface area (Å²) in [6.07, 6.45) is 1.50. The van der Waals surface area contributed by atoms with Gasteiger partial charge in [-0.2, -0.15) is 0 Å². The maximum atomic E-state index is 11.8. The molecule has 0 radical (unpaired) electrons. The average Bonchev–Trinajstić information content (AvgIpc) is 2.94. The van der Waals surface area contributed by atoms with Crippen LogP contribution in [0.25, 0.3) is 0 Å². The predicted octanol–water partition coefficient (Wildman–Crippen LogP) is 3.12. The largest absolute Gasteiger partial charge is 0.497 e. The van der Waals surface area contributed by atoms with Crippen LogP contribution in [-0.2, 0) is 11.2 Å². The molecule has 2 aromatic rings. The summed E-state index contributed by atoms with van der Waals surface area (Å²) in [6.45, 7) is 3.88. The van der Waals surface area contributed by atoms with Gasteiger partial charge in [0.15, 0.2) is 0 Å². The highest BCUT2D eigenvalue weighted by atomic mass is 32.1. The maximum Gasteiger partial charge on any atom is 0.229 e. The molecule has 0 aliphatic rings. The number of benzene rings is 1. The molecule has 5 nitrogen and oxygen atoms in total. The molecule has 21 heavy (non-hydrogen) atoms. The molecule has 1 N–H and O–H groups in total. The lowest BCUT2D eigenvalue weighted by molar-refractivity contribution is -0.119. The van der Waals surface area contributed by atoms with Crippen LogP contribution in [0.2, 0.25) is 0 Å². The molecule has 0 fully saturated rings. The monoisotopic (exact) mass is 305 g/mol. The van der Waals surface area contributed by atoms with Gasteiger partial charge in [-0.1, -0.05) is 37.3 Å². The summed E-state index contributed by atoms with van der Waals surface area (Å²) in [4.78, 5) is 11.8. The van der Waals surface area contributed by atoms with E-state index in [1.165, 1.54) is 11.3 Å². The number of carbonyl (C=O) groups excluding carboxylic acids is 1. The third kappa shape index (κ3) is 4.26. The van der Waals surface area contributed by atoms with Gasteiger partial charge < -0.3 is 10.1 Å². The number of anilines is 1. The Morgan fingerprint density at radius 1 is 1.33 bits per heavy atom. The maximum absolute atomic E-state index is 11.8. The molecule has 0 aliphatic heterocycles. The van der Waals surface area contributed by atoms with Crippen molar-refractivity contribution in [2.24, 2.45) is 5.92 Å². The van der Waals surface area contributed by atoms with Crippen molar-refractivity contribution in [2.45, 2.75) is 26.7 Å². The third-order valence-electron chi connectivity index (χ3n) is 3.27. The lowest BCUT2D eigenvalue weighted by Crippen LogP contribution is -2.19. The second-order valence-electron chi connectivity index (χ2n) is 4.82. The summed E-state index contributed by atoms with van der Waals surface area (Å²) >= 11 is 1.41. The standard InChI is InChI=1S/C15H19N3O2S/c1-4-10(2)14(19)16-15-18-17-13(21-15)9-11-5-7-12(20-3)8-6-11/h5-8,10H,4,9H2,1-3H3,(H,16,18,19)/t10-/m1/s1. The number of hydrogen-bond donors (Lipinski definition) is 1. The van der Waals surface area contributed by atoms with E-state index < -0.39 is 0 Å². The molecule has 1 heterocycles. The Kier molecular flexibility index (Phi) is 5.27.